The molecular formula is C14H19NO5S. The normalized spacial score (nSPS) is 20.1. The molecule has 0 unspecified atom stereocenters. The van der Waals surface area contributed by atoms with Gasteiger partial charge in [0.1, 0.15) is 11.8 Å². The number of ether oxygens (including phenoxy) is 1. The van der Waals surface area contributed by atoms with E-state index < -0.39 is 22.0 Å². The molecule has 1 N–H and O–H groups in total. The highest BCUT2D eigenvalue weighted by Gasteiger charge is 2.37. The van der Waals surface area contributed by atoms with Crippen LogP contribution < -0.4 is 4.74 Å². The fourth-order valence-electron chi connectivity index (χ4n) is 2.45. The van der Waals surface area contributed by atoms with Crippen molar-refractivity contribution >= 4 is 16.0 Å². The second-order valence-electron chi connectivity index (χ2n) is 4.87. The summed E-state index contributed by atoms with van der Waals surface area (Å²) in [6.45, 7) is 2.58. The molecule has 1 atom stereocenters. The third kappa shape index (κ3) is 3.36. The van der Waals surface area contributed by atoms with Gasteiger partial charge >= 0.3 is 5.97 Å². The van der Waals surface area contributed by atoms with Crippen LogP contribution in [-0.2, 0) is 14.8 Å². The van der Waals surface area contributed by atoms with E-state index in [0.717, 1.165) is 10.7 Å². The van der Waals surface area contributed by atoms with Crippen LogP contribution in [0.2, 0.25) is 0 Å². The lowest BCUT2D eigenvalue weighted by atomic mass is 10.1. The van der Waals surface area contributed by atoms with Crippen LogP contribution in [0.4, 0.5) is 0 Å². The summed E-state index contributed by atoms with van der Waals surface area (Å²) in [5, 5.41) is 9.21. The third-order valence-electron chi connectivity index (χ3n) is 3.48. The van der Waals surface area contributed by atoms with Crippen LogP contribution in [0.15, 0.2) is 29.2 Å². The number of hydrogen-bond donors (Lipinski definition) is 1. The minimum Gasteiger partial charge on any atom is -0.494 e. The van der Waals surface area contributed by atoms with Crippen molar-refractivity contribution in [3.05, 3.63) is 24.3 Å². The Bertz CT molecular complexity index is 596. The Morgan fingerprint density at radius 3 is 2.57 bits per heavy atom. The van der Waals surface area contributed by atoms with Crippen molar-refractivity contribution in [2.24, 2.45) is 0 Å². The van der Waals surface area contributed by atoms with Crippen molar-refractivity contribution < 1.29 is 23.1 Å². The topological polar surface area (TPSA) is 83.9 Å². The van der Waals surface area contributed by atoms with E-state index >= 15 is 0 Å². The summed E-state index contributed by atoms with van der Waals surface area (Å²) in [5.74, 6) is -0.505. The summed E-state index contributed by atoms with van der Waals surface area (Å²) in [6, 6.07) is 5.09. The molecule has 0 aromatic heterocycles. The van der Waals surface area contributed by atoms with E-state index in [-0.39, 0.29) is 11.4 Å². The van der Waals surface area contributed by atoms with Crippen LogP contribution in [0, 0.1) is 0 Å². The van der Waals surface area contributed by atoms with Crippen LogP contribution in [0.3, 0.4) is 0 Å². The molecule has 6 nitrogen and oxygen atoms in total. The molecule has 0 amide bonds. The van der Waals surface area contributed by atoms with Crippen molar-refractivity contribution in [2.75, 3.05) is 13.2 Å². The predicted octanol–water partition coefficient (Wildman–Crippen LogP) is 1.71. The third-order valence-corrected chi connectivity index (χ3v) is 5.40. The van der Waals surface area contributed by atoms with E-state index in [4.69, 9.17) is 4.74 Å². The van der Waals surface area contributed by atoms with Crippen LogP contribution >= 0.6 is 0 Å². The van der Waals surface area contributed by atoms with Gasteiger partial charge in [0.2, 0.25) is 10.0 Å². The lowest BCUT2D eigenvalue weighted by molar-refractivity contribution is -0.142. The largest absolute Gasteiger partial charge is 0.494 e. The van der Waals surface area contributed by atoms with Gasteiger partial charge in [-0.25, -0.2) is 8.42 Å². The van der Waals surface area contributed by atoms with Crippen molar-refractivity contribution in [2.45, 2.75) is 37.1 Å². The van der Waals surface area contributed by atoms with Crippen molar-refractivity contribution in [1.82, 2.24) is 4.31 Å². The molecule has 1 aliphatic rings. The van der Waals surface area contributed by atoms with Gasteiger partial charge in [-0.2, -0.15) is 4.31 Å². The highest BCUT2D eigenvalue weighted by molar-refractivity contribution is 7.89. The molecule has 2 rings (SSSR count). The molecule has 1 aliphatic heterocycles. The Kier molecular flexibility index (Phi) is 4.84. The number of hydrogen-bond acceptors (Lipinski definition) is 4. The molecule has 7 heteroatoms. The van der Waals surface area contributed by atoms with Crippen molar-refractivity contribution in [1.29, 1.82) is 0 Å². The zero-order chi connectivity index (χ0) is 15.5. The minimum absolute atomic E-state index is 0.0964. The molecule has 21 heavy (non-hydrogen) atoms. The molecule has 0 saturated carbocycles. The first kappa shape index (κ1) is 15.8. The summed E-state index contributed by atoms with van der Waals surface area (Å²) in [7, 11) is -3.79. The van der Waals surface area contributed by atoms with Gasteiger partial charge in [-0.05, 0) is 50.5 Å². The van der Waals surface area contributed by atoms with Gasteiger partial charge in [-0.3, -0.25) is 4.79 Å². The fourth-order valence-corrected chi connectivity index (χ4v) is 4.10. The molecule has 0 radical (unpaired) electrons. The number of benzene rings is 1. The smallest absolute Gasteiger partial charge is 0.322 e. The lowest BCUT2D eigenvalue weighted by Gasteiger charge is -2.31. The number of carboxylic acid groups (broad SMARTS) is 1. The number of carbonyl (C=O) groups is 1. The van der Waals surface area contributed by atoms with Gasteiger partial charge in [-0.15, -0.1) is 0 Å². The van der Waals surface area contributed by atoms with Gasteiger partial charge in [0, 0.05) is 6.54 Å². The summed E-state index contributed by atoms with van der Waals surface area (Å²) >= 11 is 0. The SMILES string of the molecule is CCOc1ccc(S(=O)(=O)N2CCCC[C@@H]2C(=O)O)cc1. The van der Waals surface area contributed by atoms with Crippen molar-refractivity contribution in [3.8, 4) is 5.75 Å². The van der Waals surface area contributed by atoms with E-state index in [1.807, 2.05) is 6.92 Å². The van der Waals surface area contributed by atoms with Crippen LogP contribution in [0.5, 0.6) is 5.75 Å². The van der Waals surface area contributed by atoms with Crippen molar-refractivity contribution in [3.63, 3.8) is 0 Å². The Balaban J connectivity index is 2.29. The Hall–Kier alpha value is -1.60. The monoisotopic (exact) mass is 313 g/mol. The van der Waals surface area contributed by atoms with Crippen LogP contribution in [0.1, 0.15) is 26.2 Å². The standard InChI is InChI=1S/C14H19NO5S/c1-2-20-11-6-8-12(9-7-11)21(18,19)15-10-4-3-5-13(15)14(16)17/h6-9,13H,2-5,10H2,1H3,(H,16,17)/t13-/m1/s1. The van der Waals surface area contributed by atoms with E-state index in [0.29, 0.717) is 25.2 Å². The van der Waals surface area contributed by atoms with Gasteiger partial charge in [-0.1, -0.05) is 0 Å². The quantitative estimate of drug-likeness (QED) is 0.894. The first-order valence-corrected chi connectivity index (χ1v) is 8.38. The number of piperidine rings is 1. The Morgan fingerprint density at radius 1 is 1.33 bits per heavy atom. The Morgan fingerprint density at radius 2 is 2.00 bits per heavy atom. The van der Waals surface area contributed by atoms with Gasteiger partial charge in [0.05, 0.1) is 11.5 Å². The second kappa shape index (κ2) is 6.44. The molecule has 1 fully saturated rings. The number of rotatable bonds is 5. The van der Waals surface area contributed by atoms with E-state index in [9.17, 15) is 18.3 Å². The van der Waals surface area contributed by atoms with Gasteiger partial charge < -0.3 is 9.84 Å². The highest BCUT2D eigenvalue weighted by atomic mass is 32.2. The van der Waals surface area contributed by atoms with E-state index in [1.54, 1.807) is 12.1 Å². The average molecular weight is 313 g/mol. The molecule has 0 aliphatic carbocycles. The predicted molar refractivity (Wildman–Crippen MR) is 76.8 cm³/mol. The molecular weight excluding hydrogens is 294 g/mol. The summed E-state index contributed by atoms with van der Waals surface area (Å²) in [4.78, 5) is 11.4. The first-order valence-electron chi connectivity index (χ1n) is 6.94. The zero-order valence-corrected chi connectivity index (χ0v) is 12.7. The number of aliphatic carboxylic acids is 1. The number of sulfonamides is 1. The highest BCUT2D eigenvalue weighted by Crippen LogP contribution is 2.26. The molecule has 116 valence electrons. The van der Waals surface area contributed by atoms with Crippen LogP contribution in [0.25, 0.3) is 0 Å². The summed E-state index contributed by atoms with van der Waals surface area (Å²) in [6.07, 6.45) is 1.76. The number of nitrogens with zero attached hydrogens (tertiary/aromatic N) is 1. The molecule has 0 bridgehead atoms. The maximum Gasteiger partial charge on any atom is 0.322 e. The molecule has 1 aromatic rings. The molecule has 1 saturated heterocycles. The Labute approximate surface area is 124 Å². The zero-order valence-electron chi connectivity index (χ0n) is 11.9. The minimum atomic E-state index is -3.79. The molecule has 1 aromatic carbocycles. The van der Waals surface area contributed by atoms with E-state index in [2.05, 4.69) is 0 Å². The van der Waals surface area contributed by atoms with Gasteiger partial charge in [0.25, 0.3) is 0 Å². The maximum atomic E-state index is 12.6. The lowest BCUT2D eigenvalue weighted by Crippen LogP contribution is -2.47. The number of carboxylic acids is 1. The summed E-state index contributed by atoms with van der Waals surface area (Å²) in [5.41, 5.74) is 0. The molecule has 0 spiro atoms. The molecule has 1 heterocycles. The first-order chi connectivity index (χ1) is 9.96. The average Bonchev–Trinajstić information content (AvgIpc) is 2.48. The van der Waals surface area contributed by atoms with E-state index in [1.165, 1.54) is 12.1 Å². The fraction of sp³-hybridized carbons (Fsp3) is 0.500. The van der Waals surface area contributed by atoms with Crippen LogP contribution in [-0.4, -0.2) is 43.0 Å². The van der Waals surface area contributed by atoms with Gasteiger partial charge in [0.15, 0.2) is 0 Å². The second-order valence-corrected chi connectivity index (χ2v) is 6.76. The maximum absolute atomic E-state index is 12.6. The summed E-state index contributed by atoms with van der Waals surface area (Å²) < 4.78 is 31.6.